The molecule has 1 fully saturated rings. The quantitative estimate of drug-likeness (QED) is 0.686. The maximum atomic E-state index is 5.54. The Bertz CT molecular complexity index is 349. The van der Waals surface area contributed by atoms with Crippen LogP contribution in [0.15, 0.2) is 24.2 Å². The van der Waals surface area contributed by atoms with E-state index in [1.807, 2.05) is 6.20 Å². The van der Waals surface area contributed by atoms with Crippen LogP contribution < -0.4 is 0 Å². The maximum Gasteiger partial charge on any atom is 0.110 e. The normalized spacial score (nSPS) is 18.9. The predicted octanol–water partition coefficient (Wildman–Crippen LogP) is 3.22. The monoisotopic (exact) mass is 296 g/mol. The third-order valence-electron chi connectivity index (χ3n) is 4.39. The van der Waals surface area contributed by atoms with Crippen LogP contribution in [-0.2, 0) is 9.47 Å². The molecule has 0 aromatic rings. The second-order valence-corrected chi connectivity index (χ2v) is 5.48. The number of hydrogen-bond donors (Lipinski definition) is 0. The zero-order valence-electron chi connectivity index (χ0n) is 14.4. The minimum atomic E-state index is 0.0999. The van der Waals surface area contributed by atoms with Gasteiger partial charge in [-0.2, -0.15) is 0 Å². The van der Waals surface area contributed by atoms with Gasteiger partial charge in [0.1, 0.15) is 5.82 Å². The molecule has 0 amide bonds. The van der Waals surface area contributed by atoms with Crippen molar-refractivity contribution >= 4 is 0 Å². The molecule has 1 heterocycles. The molecule has 0 aromatic carbocycles. The fraction of sp³-hybridized carbons (Fsp3) is 0.765. The topological polar surface area (TPSA) is 24.9 Å². The fourth-order valence-corrected chi connectivity index (χ4v) is 2.92. The molecule has 0 radical (unpaired) electrons. The summed E-state index contributed by atoms with van der Waals surface area (Å²) >= 11 is 0. The molecule has 21 heavy (non-hydrogen) atoms. The molecule has 0 aromatic heterocycles. The zero-order valence-corrected chi connectivity index (χ0v) is 14.4. The van der Waals surface area contributed by atoms with E-state index in [1.54, 1.807) is 7.11 Å². The van der Waals surface area contributed by atoms with Crippen molar-refractivity contribution in [2.45, 2.75) is 52.7 Å². The minimum Gasteiger partial charge on any atom is -0.381 e. The molecule has 1 aliphatic rings. The van der Waals surface area contributed by atoms with E-state index in [2.05, 4.69) is 44.1 Å². The standard InChI is InChI=1S/C17H32N2O2/c1-7-18(8-2)17(14(4)15(5)20-6)19(9-3)16-10-12-21-13-11-16/h7,15-16H,1,8-13H2,2-6H3/b17-14+. The first-order valence-corrected chi connectivity index (χ1v) is 8.07. The lowest BCUT2D eigenvalue weighted by Crippen LogP contribution is -2.44. The van der Waals surface area contributed by atoms with E-state index in [4.69, 9.17) is 9.47 Å². The number of ether oxygens (including phenoxy) is 2. The average Bonchev–Trinajstić information content (AvgIpc) is 2.54. The van der Waals surface area contributed by atoms with Gasteiger partial charge in [-0.25, -0.2) is 0 Å². The van der Waals surface area contributed by atoms with Crippen LogP contribution in [0.5, 0.6) is 0 Å². The smallest absolute Gasteiger partial charge is 0.110 e. The highest BCUT2D eigenvalue weighted by atomic mass is 16.5. The van der Waals surface area contributed by atoms with E-state index in [1.165, 1.54) is 11.4 Å². The SMILES string of the molecule is C=CN(CC)/C(=C(/C)C(C)OC)N(CC)C1CCOCC1. The van der Waals surface area contributed by atoms with Crippen molar-refractivity contribution in [3.05, 3.63) is 24.2 Å². The molecule has 0 spiro atoms. The summed E-state index contributed by atoms with van der Waals surface area (Å²) < 4.78 is 11.1. The lowest BCUT2D eigenvalue weighted by Gasteiger charge is -2.42. The number of rotatable bonds is 8. The maximum absolute atomic E-state index is 5.54. The van der Waals surface area contributed by atoms with Gasteiger partial charge in [-0.15, -0.1) is 0 Å². The Labute approximate surface area is 130 Å². The molecule has 1 rings (SSSR count). The molecule has 4 nitrogen and oxygen atoms in total. The Hall–Kier alpha value is -1.00. The summed E-state index contributed by atoms with van der Waals surface area (Å²) in [6.07, 6.45) is 4.19. The Morgan fingerprint density at radius 2 is 1.95 bits per heavy atom. The molecular weight excluding hydrogens is 264 g/mol. The van der Waals surface area contributed by atoms with E-state index in [-0.39, 0.29) is 6.10 Å². The summed E-state index contributed by atoms with van der Waals surface area (Å²) in [6.45, 7) is 16.2. The average molecular weight is 296 g/mol. The van der Waals surface area contributed by atoms with E-state index < -0.39 is 0 Å². The molecule has 0 bridgehead atoms. The van der Waals surface area contributed by atoms with Gasteiger partial charge in [0.2, 0.25) is 0 Å². The van der Waals surface area contributed by atoms with Crippen LogP contribution in [0.2, 0.25) is 0 Å². The highest BCUT2D eigenvalue weighted by Crippen LogP contribution is 2.26. The fourth-order valence-electron chi connectivity index (χ4n) is 2.92. The first kappa shape index (κ1) is 18.1. The first-order chi connectivity index (χ1) is 10.1. The highest BCUT2D eigenvalue weighted by molar-refractivity contribution is 5.17. The van der Waals surface area contributed by atoms with Gasteiger partial charge in [0.25, 0.3) is 0 Å². The molecule has 4 heteroatoms. The lowest BCUT2D eigenvalue weighted by molar-refractivity contribution is 0.0370. The van der Waals surface area contributed by atoms with Crippen LogP contribution in [0, 0.1) is 0 Å². The summed E-state index contributed by atoms with van der Waals surface area (Å²) in [6, 6.07) is 0.534. The van der Waals surface area contributed by atoms with Gasteiger partial charge in [0.15, 0.2) is 0 Å². The summed E-state index contributed by atoms with van der Waals surface area (Å²) in [5.41, 5.74) is 1.26. The van der Waals surface area contributed by atoms with Gasteiger partial charge in [-0.3, -0.25) is 0 Å². The van der Waals surface area contributed by atoms with Crippen molar-refractivity contribution in [2.75, 3.05) is 33.4 Å². The van der Waals surface area contributed by atoms with Crippen LogP contribution in [0.25, 0.3) is 0 Å². The summed E-state index contributed by atoms with van der Waals surface area (Å²) in [4.78, 5) is 4.72. The van der Waals surface area contributed by atoms with Crippen LogP contribution in [-0.4, -0.2) is 55.4 Å². The van der Waals surface area contributed by atoms with Crippen molar-refractivity contribution in [3.63, 3.8) is 0 Å². The molecule has 1 unspecified atom stereocenters. The van der Waals surface area contributed by atoms with E-state index in [0.717, 1.165) is 39.1 Å². The largest absolute Gasteiger partial charge is 0.381 e. The van der Waals surface area contributed by atoms with Crippen LogP contribution in [0.3, 0.4) is 0 Å². The number of nitrogens with zero attached hydrogens (tertiary/aromatic N) is 2. The molecule has 1 aliphatic heterocycles. The third-order valence-corrected chi connectivity index (χ3v) is 4.39. The second-order valence-electron chi connectivity index (χ2n) is 5.48. The van der Waals surface area contributed by atoms with Crippen LogP contribution in [0.1, 0.15) is 40.5 Å². The van der Waals surface area contributed by atoms with E-state index >= 15 is 0 Å². The first-order valence-electron chi connectivity index (χ1n) is 8.07. The molecular formula is C17H32N2O2. The van der Waals surface area contributed by atoms with E-state index in [9.17, 15) is 0 Å². The van der Waals surface area contributed by atoms with Gasteiger partial charge in [0.05, 0.1) is 6.10 Å². The Kier molecular flexibility index (Phi) is 7.83. The summed E-state index contributed by atoms with van der Waals surface area (Å²) in [5, 5.41) is 0. The second kappa shape index (κ2) is 9.11. The highest BCUT2D eigenvalue weighted by Gasteiger charge is 2.26. The summed E-state index contributed by atoms with van der Waals surface area (Å²) in [5.74, 6) is 1.25. The van der Waals surface area contributed by atoms with Crippen LogP contribution in [0.4, 0.5) is 0 Å². The molecule has 0 N–H and O–H groups in total. The Balaban J connectivity index is 3.15. The van der Waals surface area contributed by atoms with Crippen molar-refractivity contribution in [2.24, 2.45) is 0 Å². The van der Waals surface area contributed by atoms with Gasteiger partial charge in [0, 0.05) is 39.5 Å². The number of hydrogen-bond acceptors (Lipinski definition) is 4. The molecule has 1 atom stereocenters. The predicted molar refractivity (Wildman–Crippen MR) is 88.0 cm³/mol. The van der Waals surface area contributed by atoms with Gasteiger partial charge in [-0.1, -0.05) is 6.58 Å². The molecule has 0 saturated carbocycles. The van der Waals surface area contributed by atoms with Crippen molar-refractivity contribution in [1.29, 1.82) is 0 Å². The van der Waals surface area contributed by atoms with Crippen molar-refractivity contribution < 1.29 is 9.47 Å². The Morgan fingerprint density at radius 3 is 2.38 bits per heavy atom. The molecule has 122 valence electrons. The third kappa shape index (κ3) is 4.48. The van der Waals surface area contributed by atoms with Crippen molar-refractivity contribution in [1.82, 2.24) is 9.80 Å². The number of methoxy groups -OCH3 is 1. The van der Waals surface area contributed by atoms with Gasteiger partial charge < -0.3 is 19.3 Å². The minimum absolute atomic E-state index is 0.0999. The van der Waals surface area contributed by atoms with Crippen LogP contribution >= 0.6 is 0 Å². The molecule has 0 aliphatic carbocycles. The Morgan fingerprint density at radius 1 is 1.33 bits per heavy atom. The zero-order chi connectivity index (χ0) is 15.8. The van der Waals surface area contributed by atoms with E-state index in [0.29, 0.717) is 6.04 Å². The lowest BCUT2D eigenvalue weighted by atomic mass is 10.0. The van der Waals surface area contributed by atoms with Crippen molar-refractivity contribution in [3.8, 4) is 0 Å². The summed E-state index contributed by atoms with van der Waals surface area (Å²) in [7, 11) is 1.76. The molecule has 1 saturated heterocycles. The van der Waals surface area contributed by atoms with Gasteiger partial charge in [-0.05, 0) is 52.3 Å². The van der Waals surface area contributed by atoms with Gasteiger partial charge >= 0.3 is 0 Å².